The molecule has 0 radical (unpaired) electrons. The van der Waals surface area contributed by atoms with E-state index in [1.165, 1.54) is 0 Å². The second kappa shape index (κ2) is 4.77. The van der Waals surface area contributed by atoms with Crippen molar-refractivity contribution in [3.05, 3.63) is 5.82 Å². The van der Waals surface area contributed by atoms with Crippen LogP contribution in [0.2, 0.25) is 0 Å². The Bertz CT molecular complexity index is 374. The van der Waals surface area contributed by atoms with Gasteiger partial charge >= 0.3 is 6.18 Å². The Kier molecular flexibility index (Phi) is 3.53. The van der Waals surface area contributed by atoms with Crippen LogP contribution in [0.25, 0.3) is 0 Å². The quantitative estimate of drug-likeness (QED) is 0.892. The number of nitrogens with zero attached hydrogens (tertiary/aromatic N) is 2. The molecule has 2 rings (SSSR count). The Morgan fingerprint density at radius 1 is 1.24 bits per heavy atom. The minimum Gasteiger partial charge on any atom is -0.466 e. The van der Waals surface area contributed by atoms with E-state index in [4.69, 9.17) is 10.5 Å². The van der Waals surface area contributed by atoms with Crippen molar-refractivity contribution in [1.29, 1.82) is 0 Å². The molecule has 1 aliphatic carbocycles. The largest absolute Gasteiger partial charge is 0.466 e. The molecule has 1 aliphatic rings. The molecule has 1 aromatic heterocycles. The van der Waals surface area contributed by atoms with Crippen molar-refractivity contribution in [2.45, 2.75) is 44.0 Å². The third-order valence-electron chi connectivity index (χ3n) is 2.65. The van der Waals surface area contributed by atoms with Gasteiger partial charge in [-0.25, -0.2) is 0 Å². The number of alkyl halides is 3. The van der Waals surface area contributed by atoms with Gasteiger partial charge in [-0.3, -0.25) is 0 Å². The first-order chi connectivity index (χ1) is 7.95. The lowest BCUT2D eigenvalue weighted by Crippen LogP contribution is -2.31. The first-order valence-corrected chi connectivity index (χ1v) is 6.05. The summed E-state index contributed by atoms with van der Waals surface area (Å²) in [7, 11) is 0. The standard InChI is InChI=1S/C9H12F3N3OS/c10-9(11,12)7-14-8(17-15-7)16-6-3-1-5(13)2-4-6/h5-6H,1-4,13H2. The molecule has 0 saturated heterocycles. The van der Waals surface area contributed by atoms with Crippen LogP contribution < -0.4 is 10.5 Å². The van der Waals surface area contributed by atoms with Gasteiger partial charge in [0.1, 0.15) is 6.10 Å². The third-order valence-corrected chi connectivity index (χ3v) is 3.26. The molecule has 0 amide bonds. The Morgan fingerprint density at radius 2 is 1.88 bits per heavy atom. The van der Waals surface area contributed by atoms with Crippen LogP contribution in [0.3, 0.4) is 0 Å². The first kappa shape index (κ1) is 12.6. The molecular formula is C9H12F3N3OS. The summed E-state index contributed by atoms with van der Waals surface area (Å²) >= 11 is 0.636. The molecule has 17 heavy (non-hydrogen) atoms. The van der Waals surface area contributed by atoms with Gasteiger partial charge in [0.05, 0.1) is 0 Å². The molecule has 1 aromatic rings. The molecule has 0 aliphatic heterocycles. The summed E-state index contributed by atoms with van der Waals surface area (Å²) in [6.07, 6.45) is -1.44. The fourth-order valence-corrected chi connectivity index (χ4v) is 2.34. The number of nitrogens with two attached hydrogens (primary N) is 1. The Hall–Kier alpha value is -0.890. The number of rotatable bonds is 2. The molecule has 0 unspecified atom stereocenters. The van der Waals surface area contributed by atoms with Gasteiger partial charge in [0.15, 0.2) is 0 Å². The van der Waals surface area contributed by atoms with E-state index in [-0.39, 0.29) is 17.3 Å². The van der Waals surface area contributed by atoms with Gasteiger partial charge in [0.25, 0.3) is 11.0 Å². The molecule has 96 valence electrons. The van der Waals surface area contributed by atoms with E-state index in [0.717, 1.165) is 25.7 Å². The summed E-state index contributed by atoms with van der Waals surface area (Å²) in [5.74, 6) is -1.13. The summed E-state index contributed by atoms with van der Waals surface area (Å²) in [6, 6.07) is 0.176. The first-order valence-electron chi connectivity index (χ1n) is 5.28. The molecule has 1 saturated carbocycles. The van der Waals surface area contributed by atoms with E-state index in [1.807, 2.05) is 0 Å². The maximum absolute atomic E-state index is 12.2. The number of aromatic nitrogens is 2. The molecule has 0 spiro atoms. The SMILES string of the molecule is NC1CCC(Oc2nc(C(F)(F)F)ns2)CC1. The van der Waals surface area contributed by atoms with Gasteiger partial charge in [-0.2, -0.15) is 22.5 Å². The van der Waals surface area contributed by atoms with E-state index in [1.54, 1.807) is 0 Å². The zero-order valence-corrected chi connectivity index (χ0v) is 9.72. The average Bonchev–Trinajstić information content (AvgIpc) is 2.69. The highest BCUT2D eigenvalue weighted by Crippen LogP contribution is 2.31. The zero-order chi connectivity index (χ0) is 12.5. The number of ether oxygens (including phenoxy) is 1. The fraction of sp³-hybridized carbons (Fsp3) is 0.778. The molecule has 0 bridgehead atoms. The van der Waals surface area contributed by atoms with Crippen molar-refractivity contribution < 1.29 is 17.9 Å². The maximum atomic E-state index is 12.2. The number of hydrogen-bond acceptors (Lipinski definition) is 5. The van der Waals surface area contributed by atoms with Crippen molar-refractivity contribution in [1.82, 2.24) is 9.36 Å². The Labute approximate surface area is 100 Å². The van der Waals surface area contributed by atoms with Crippen LogP contribution in [0.1, 0.15) is 31.5 Å². The number of hydrogen-bond donors (Lipinski definition) is 1. The van der Waals surface area contributed by atoms with Crippen molar-refractivity contribution >= 4 is 11.5 Å². The van der Waals surface area contributed by atoms with Gasteiger partial charge < -0.3 is 10.5 Å². The molecule has 2 N–H and O–H groups in total. The van der Waals surface area contributed by atoms with E-state index in [2.05, 4.69) is 9.36 Å². The molecule has 0 atom stereocenters. The summed E-state index contributed by atoms with van der Waals surface area (Å²) in [5.41, 5.74) is 5.72. The fourth-order valence-electron chi connectivity index (χ4n) is 1.72. The Morgan fingerprint density at radius 3 is 2.41 bits per heavy atom. The lowest BCUT2D eigenvalue weighted by atomic mass is 9.94. The maximum Gasteiger partial charge on any atom is 0.452 e. The molecule has 1 fully saturated rings. The van der Waals surface area contributed by atoms with E-state index in [9.17, 15) is 13.2 Å². The zero-order valence-electron chi connectivity index (χ0n) is 8.91. The number of halogens is 3. The molecule has 1 heterocycles. The lowest BCUT2D eigenvalue weighted by molar-refractivity contribution is -0.144. The van der Waals surface area contributed by atoms with Crippen molar-refractivity contribution in [2.75, 3.05) is 0 Å². The molecule has 8 heteroatoms. The van der Waals surface area contributed by atoms with Gasteiger partial charge in [0.2, 0.25) is 0 Å². The highest BCUT2D eigenvalue weighted by Gasteiger charge is 2.36. The monoisotopic (exact) mass is 267 g/mol. The summed E-state index contributed by atoms with van der Waals surface area (Å²) in [4.78, 5) is 3.32. The smallest absolute Gasteiger partial charge is 0.452 e. The van der Waals surface area contributed by atoms with E-state index in [0.29, 0.717) is 11.5 Å². The third kappa shape index (κ3) is 3.29. The van der Waals surface area contributed by atoms with Crippen LogP contribution in [0.4, 0.5) is 13.2 Å². The Balaban J connectivity index is 1.93. The van der Waals surface area contributed by atoms with Crippen LogP contribution in [0.15, 0.2) is 0 Å². The minimum atomic E-state index is -4.51. The molecule has 0 aromatic carbocycles. The van der Waals surface area contributed by atoms with Crippen molar-refractivity contribution in [3.63, 3.8) is 0 Å². The average molecular weight is 267 g/mol. The topological polar surface area (TPSA) is 61.0 Å². The van der Waals surface area contributed by atoms with Gasteiger partial charge in [0, 0.05) is 17.6 Å². The van der Waals surface area contributed by atoms with Crippen LogP contribution in [0.5, 0.6) is 5.19 Å². The van der Waals surface area contributed by atoms with Gasteiger partial charge in [-0.15, -0.1) is 0 Å². The second-order valence-electron chi connectivity index (χ2n) is 4.04. The van der Waals surface area contributed by atoms with Crippen LogP contribution in [-0.4, -0.2) is 21.5 Å². The van der Waals surface area contributed by atoms with Crippen molar-refractivity contribution in [3.8, 4) is 5.19 Å². The minimum absolute atomic E-state index is 0.0159. The van der Waals surface area contributed by atoms with E-state index >= 15 is 0 Å². The van der Waals surface area contributed by atoms with Crippen molar-refractivity contribution in [2.24, 2.45) is 5.73 Å². The second-order valence-corrected chi connectivity index (χ2v) is 4.75. The van der Waals surface area contributed by atoms with Crippen LogP contribution >= 0.6 is 11.5 Å². The highest BCUT2D eigenvalue weighted by atomic mass is 32.1. The lowest BCUT2D eigenvalue weighted by Gasteiger charge is -2.25. The summed E-state index contributed by atoms with van der Waals surface area (Å²) in [5, 5.41) is -0.0159. The predicted molar refractivity (Wildman–Crippen MR) is 55.8 cm³/mol. The predicted octanol–water partition coefficient (Wildman–Crippen LogP) is 2.21. The van der Waals surface area contributed by atoms with Gasteiger partial charge in [-0.1, -0.05) is 0 Å². The van der Waals surface area contributed by atoms with Crippen LogP contribution in [-0.2, 0) is 6.18 Å². The normalized spacial score (nSPS) is 25.9. The van der Waals surface area contributed by atoms with E-state index < -0.39 is 12.0 Å². The summed E-state index contributed by atoms with van der Waals surface area (Å²) < 4.78 is 45.3. The summed E-state index contributed by atoms with van der Waals surface area (Å²) in [6.45, 7) is 0. The highest BCUT2D eigenvalue weighted by molar-refractivity contribution is 7.07. The van der Waals surface area contributed by atoms with Crippen LogP contribution in [0, 0.1) is 0 Å². The molecule has 4 nitrogen and oxygen atoms in total. The molecular weight excluding hydrogens is 255 g/mol. The van der Waals surface area contributed by atoms with Gasteiger partial charge in [-0.05, 0) is 25.7 Å².